The Morgan fingerprint density at radius 3 is 1.39 bits per heavy atom. The van der Waals surface area contributed by atoms with Gasteiger partial charge < -0.3 is 14.2 Å². The van der Waals surface area contributed by atoms with Crippen LogP contribution in [-0.4, -0.2) is 37.2 Å². The highest BCUT2D eigenvalue weighted by Crippen LogP contribution is 2.10. The van der Waals surface area contributed by atoms with Gasteiger partial charge in [-0.15, -0.1) is 0 Å². The lowest BCUT2D eigenvalue weighted by molar-refractivity contribution is -0.167. The predicted octanol–water partition coefficient (Wildman–Crippen LogP) is 13.8. The molecule has 0 aliphatic rings. The van der Waals surface area contributed by atoms with E-state index in [2.05, 4.69) is 81.5 Å². The molecule has 6 nitrogen and oxygen atoms in total. The fourth-order valence-electron chi connectivity index (χ4n) is 5.14. The Labute approximate surface area is 342 Å². The van der Waals surface area contributed by atoms with Crippen LogP contribution in [0.2, 0.25) is 0 Å². The molecule has 0 aliphatic heterocycles. The Morgan fingerprint density at radius 1 is 0.393 bits per heavy atom. The lowest BCUT2D eigenvalue weighted by atomic mass is 10.1. The van der Waals surface area contributed by atoms with Crippen molar-refractivity contribution < 1.29 is 28.6 Å². The molecule has 0 fully saturated rings. The third kappa shape index (κ3) is 41.0. The molecule has 0 aliphatic carbocycles. The fraction of sp³-hybridized carbons (Fsp3) is 0.540. The van der Waals surface area contributed by atoms with Gasteiger partial charge in [-0.1, -0.05) is 168 Å². The van der Waals surface area contributed by atoms with E-state index in [1.54, 1.807) is 0 Å². The summed E-state index contributed by atoms with van der Waals surface area (Å²) in [5, 5.41) is 0. The number of esters is 3. The molecule has 0 aromatic carbocycles. The van der Waals surface area contributed by atoms with Crippen molar-refractivity contribution in [3.8, 4) is 0 Å². The summed E-state index contributed by atoms with van der Waals surface area (Å²) in [7, 11) is 0. The van der Waals surface area contributed by atoms with Crippen molar-refractivity contribution in [1.82, 2.24) is 0 Å². The van der Waals surface area contributed by atoms with E-state index in [0.29, 0.717) is 19.3 Å². The molecule has 0 radical (unpaired) electrons. The summed E-state index contributed by atoms with van der Waals surface area (Å²) in [4.78, 5) is 37.6. The minimum absolute atomic E-state index is 0.128. The number of rotatable bonds is 36. The highest BCUT2D eigenvalue weighted by Gasteiger charge is 2.19. The molecule has 0 bridgehead atoms. The van der Waals surface area contributed by atoms with Crippen LogP contribution in [0, 0.1) is 0 Å². The van der Waals surface area contributed by atoms with E-state index < -0.39 is 6.10 Å². The van der Waals surface area contributed by atoms with Crippen LogP contribution in [0.4, 0.5) is 0 Å². The molecule has 1 unspecified atom stereocenters. The molecule has 0 N–H and O–H groups in total. The predicted molar refractivity (Wildman–Crippen MR) is 237 cm³/mol. The van der Waals surface area contributed by atoms with Crippen molar-refractivity contribution in [3.63, 3.8) is 0 Å². The van der Waals surface area contributed by atoms with Gasteiger partial charge in [-0.25, -0.2) is 0 Å². The molecule has 312 valence electrons. The van der Waals surface area contributed by atoms with E-state index in [-0.39, 0.29) is 50.4 Å². The summed E-state index contributed by atoms with van der Waals surface area (Å²) < 4.78 is 16.5. The zero-order valence-electron chi connectivity index (χ0n) is 35.3. The second kappa shape index (κ2) is 43.5. The van der Waals surface area contributed by atoms with Crippen molar-refractivity contribution in [3.05, 3.63) is 122 Å². The third-order valence-electron chi connectivity index (χ3n) is 8.34. The minimum atomic E-state index is -0.828. The Kier molecular flexibility index (Phi) is 40.3. The zero-order valence-corrected chi connectivity index (χ0v) is 35.3. The number of hydrogen-bond acceptors (Lipinski definition) is 6. The number of carbonyl (C=O) groups is 3. The zero-order chi connectivity index (χ0) is 40.8. The number of hydrogen-bond donors (Lipinski definition) is 0. The van der Waals surface area contributed by atoms with Crippen LogP contribution in [0.15, 0.2) is 122 Å². The topological polar surface area (TPSA) is 78.9 Å². The minimum Gasteiger partial charge on any atom is -0.462 e. The summed E-state index contributed by atoms with van der Waals surface area (Å²) >= 11 is 0. The highest BCUT2D eigenvalue weighted by molar-refractivity contribution is 5.71. The van der Waals surface area contributed by atoms with Gasteiger partial charge in [-0.3, -0.25) is 14.4 Å². The molecular weight excluding hydrogens is 697 g/mol. The molecule has 0 heterocycles. The van der Waals surface area contributed by atoms with E-state index in [9.17, 15) is 14.4 Å². The summed E-state index contributed by atoms with van der Waals surface area (Å²) in [5.41, 5.74) is 0. The monoisotopic (exact) mass is 773 g/mol. The first kappa shape index (κ1) is 51.8. The maximum absolute atomic E-state index is 12.7. The lowest BCUT2D eigenvalue weighted by Gasteiger charge is -2.18. The van der Waals surface area contributed by atoms with Gasteiger partial charge in [-0.05, 0) is 89.9 Å². The molecule has 0 spiro atoms. The van der Waals surface area contributed by atoms with Crippen molar-refractivity contribution >= 4 is 17.9 Å². The Hall–Kier alpha value is -4.19. The molecule has 0 aromatic rings. The molecule has 0 amide bonds. The Bertz CT molecular complexity index is 1260. The fourth-order valence-corrected chi connectivity index (χ4v) is 5.14. The normalized spacial score (nSPS) is 13.3. The van der Waals surface area contributed by atoms with Crippen molar-refractivity contribution in [2.45, 2.75) is 162 Å². The van der Waals surface area contributed by atoms with Gasteiger partial charge in [0.15, 0.2) is 6.10 Å². The molecular formula is C50H76O6. The molecule has 0 aromatic heterocycles. The first-order chi connectivity index (χ1) is 27.5. The molecule has 1 atom stereocenters. The standard InChI is InChI=1S/C50H76O6/c1-4-7-10-13-16-19-21-23-24-25-26-27-29-31-34-37-40-43-49(52)55-46-47(45-54-48(51)42-39-36-33-30-18-15-12-9-6-3)56-50(53)44-41-38-35-32-28-22-20-17-14-11-8-5-2/h7-8,10-11,13,16-17,19-21,23-30,32-33,47H,4-6,9,12,14-15,18,22,31,34-46H2,1-3H3/b10-7-,11-8-,16-13-,20-17-,21-19-,24-23-,26-25+,29-27-,32-28-,33-30-. The number of unbranched alkanes of at least 4 members (excludes halogenated alkanes) is 10. The third-order valence-corrected chi connectivity index (χ3v) is 8.34. The quantitative estimate of drug-likeness (QED) is 0.0207. The van der Waals surface area contributed by atoms with Gasteiger partial charge in [-0.2, -0.15) is 0 Å². The van der Waals surface area contributed by atoms with Gasteiger partial charge in [0.1, 0.15) is 13.2 Å². The van der Waals surface area contributed by atoms with Crippen molar-refractivity contribution in [1.29, 1.82) is 0 Å². The van der Waals surface area contributed by atoms with Crippen LogP contribution >= 0.6 is 0 Å². The van der Waals surface area contributed by atoms with Crippen molar-refractivity contribution in [2.75, 3.05) is 13.2 Å². The van der Waals surface area contributed by atoms with Gasteiger partial charge in [0.2, 0.25) is 0 Å². The van der Waals surface area contributed by atoms with Crippen LogP contribution in [-0.2, 0) is 28.6 Å². The number of ether oxygens (including phenoxy) is 3. The molecule has 0 saturated carbocycles. The summed E-state index contributed by atoms with van der Waals surface area (Å²) in [6, 6.07) is 0. The van der Waals surface area contributed by atoms with E-state index in [1.165, 1.54) is 25.7 Å². The van der Waals surface area contributed by atoms with Gasteiger partial charge in [0.25, 0.3) is 0 Å². The second-order valence-corrected chi connectivity index (χ2v) is 13.6. The maximum Gasteiger partial charge on any atom is 0.306 e. The van der Waals surface area contributed by atoms with E-state index in [0.717, 1.165) is 70.6 Å². The molecule has 56 heavy (non-hydrogen) atoms. The summed E-state index contributed by atoms with van der Waals surface area (Å²) in [6.45, 7) is 6.19. The van der Waals surface area contributed by atoms with Gasteiger partial charge in [0.05, 0.1) is 0 Å². The average Bonchev–Trinajstić information content (AvgIpc) is 3.19. The first-order valence-electron chi connectivity index (χ1n) is 21.6. The van der Waals surface area contributed by atoms with Crippen LogP contribution in [0.1, 0.15) is 156 Å². The molecule has 0 saturated heterocycles. The lowest BCUT2D eigenvalue weighted by Crippen LogP contribution is -2.30. The Morgan fingerprint density at radius 2 is 0.804 bits per heavy atom. The highest BCUT2D eigenvalue weighted by atomic mass is 16.6. The smallest absolute Gasteiger partial charge is 0.306 e. The Balaban J connectivity index is 4.57. The van der Waals surface area contributed by atoms with Crippen LogP contribution < -0.4 is 0 Å². The second-order valence-electron chi connectivity index (χ2n) is 13.6. The van der Waals surface area contributed by atoms with Crippen LogP contribution in [0.25, 0.3) is 0 Å². The molecule has 0 rings (SSSR count). The van der Waals surface area contributed by atoms with Gasteiger partial charge >= 0.3 is 17.9 Å². The van der Waals surface area contributed by atoms with Crippen LogP contribution in [0.5, 0.6) is 0 Å². The average molecular weight is 773 g/mol. The molecule has 6 heteroatoms. The number of carbonyl (C=O) groups excluding carboxylic acids is 3. The maximum atomic E-state index is 12.7. The van der Waals surface area contributed by atoms with E-state index in [4.69, 9.17) is 14.2 Å². The van der Waals surface area contributed by atoms with Gasteiger partial charge in [0, 0.05) is 19.3 Å². The van der Waals surface area contributed by atoms with E-state index in [1.807, 2.05) is 60.8 Å². The summed E-state index contributed by atoms with van der Waals surface area (Å²) in [5.74, 6) is -1.06. The SMILES string of the molecule is CC\C=C/C=C\C=C/C=C\C=C\C=C/CCCCCC(=O)OCC(COC(=O)CCC/C=C\CCCCCC)OC(=O)CCCC/C=C\C/C=C\C/C=C\CC. The number of allylic oxidation sites excluding steroid dienone is 20. The first-order valence-corrected chi connectivity index (χ1v) is 21.6. The summed E-state index contributed by atoms with van der Waals surface area (Å²) in [6.07, 6.45) is 59.1. The largest absolute Gasteiger partial charge is 0.462 e. The van der Waals surface area contributed by atoms with E-state index >= 15 is 0 Å². The van der Waals surface area contributed by atoms with Crippen LogP contribution in [0.3, 0.4) is 0 Å². The van der Waals surface area contributed by atoms with Crippen molar-refractivity contribution in [2.24, 2.45) is 0 Å².